The van der Waals surface area contributed by atoms with Crippen LogP contribution in [0.25, 0.3) is 0 Å². The number of nitrogens with one attached hydrogen (secondary N) is 2. The molecule has 0 spiro atoms. The lowest BCUT2D eigenvalue weighted by molar-refractivity contribution is 0.0922. The molecule has 6 nitrogen and oxygen atoms in total. The maximum absolute atomic E-state index is 12.1. The van der Waals surface area contributed by atoms with Crippen molar-refractivity contribution >= 4 is 11.8 Å². The highest BCUT2D eigenvalue weighted by atomic mass is 16.2. The van der Waals surface area contributed by atoms with E-state index in [0.717, 1.165) is 25.9 Å². The molecule has 1 atom stereocenters. The Balaban J connectivity index is 2.06. The first-order valence-corrected chi connectivity index (χ1v) is 6.05. The largest absolute Gasteiger partial charge is 0.366 e. The molecule has 2 amide bonds. The molecule has 0 saturated carbocycles. The third-order valence-corrected chi connectivity index (χ3v) is 3.15. The number of amides is 2. The number of nitrogens with zero attached hydrogens (tertiary/aromatic N) is 1. The number of aryl methyl sites for hydroxylation is 1. The zero-order chi connectivity index (χ0) is 13.1. The SMILES string of the molecule is Cn1cc(C(N)=O)cc1C(=O)NC1CCCNC1. The van der Waals surface area contributed by atoms with Gasteiger partial charge >= 0.3 is 0 Å². The normalized spacial score (nSPS) is 19.5. The standard InChI is InChI=1S/C12H18N4O2/c1-16-7-8(11(13)17)5-10(16)12(18)15-9-3-2-4-14-6-9/h5,7,9,14H,2-4,6H2,1H3,(H2,13,17)(H,15,18). The quantitative estimate of drug-likeness (QED) is 0.682. The molecule has 1 saturated heterocycles. The van der Waals surface area contributed by atoms with E-state index >= 15 is 0 Å². The van der Waals surface area contributed by atoms with Gasteiger partial charge in [0.25, 0.3) is 5.91 Å². The van der Waals surface area contributed by atoms with Gasteiger partial charge in [0.15, 0.2) is 0 Å². The molecule has 0 aliphatic carbocycles. The van der Waals surface area contributed by atoms with E-state index in [1.807, 2.05) is 0 Å². The highest BCUT2D eigenvalue weighted by molar-refractivity contribution is 5.98. The van der Waals surface area contributed by atoms with Crippen molar-refractivity contribution in [3.8, 4) is 0 Å². The smallest absolute Gasteiger partial charge is 0.268 e. The second-order valence-corrected chi connectivity index (χ2v) is 4.61. The Morgan fingerprint density at radius 3 is 2.89 bits per heavy atom. The van der Waals surface area contributed by atoms with Crippen LogP contribution in [0.15, 0.2) is 12.3 Å². The molecule has 1 aliphatic heterocycles. The van der Waals surface area contributed by atoms with Crippen LogP contribution in [0.3, 0.4) is 0 Å². The summed E-state index contributed by atoms with van der Waals surface area (Å²) in [5.74, 6) is -0.692. The summed E-state index contributed by atoms with van der Waals surface area (Å²) < 4.78 is 1.62. The van der Waals surface area contributed by atoms with E-state index in [0.29, 0.717) is 11.3 Å². The molecule has 1 fully saturated rings. The Bertz CT molecular complexity index is 461. The molecule has 6 heteroatoms. The number of nitrogens with two attached hydrogens (primary N) is 1. The van der Waals surface area contributed by atoms with E-state index in [4.69, 9.17) is 5.73 Å². The topological polar surface area (TPSA) is 89.2 Å². The number of carbonyl (C=O) groups is 2. The van der Waals surface area contributed by atoms with E-state index in [-0.39, 0.29) is 11.9 Å². The van der Waals surface area contributed by atoms with Crippen molar-refractivity contribution in [3.63, 3.8) is 0 Å². The van der Waals surface area contributed by atoms with Crippen molar-refractivity contribution in [2.75, 3.05) is 13.1 Å². The van der Waals surface area contributed by atoms with Crippen LogP contribution in [0, 0.1) is 0 Å². The van der Waals surface area contributed by atoms with Gasteiger partial charge in [-0.1, -0.05) is 0 Å². The summed E-state index contributed by atoms with van der Waals surface area (Å²) in [6, 6.07) is 1.67. The van der Waals surface area contributed by atoms with Crippen LogP contribution in [0.5, 0.6) is 0 Å². The van der Waals surface area contributed by atoms with Gasteiger partial charge in [0.05, 0.1) is 5.56 Å². The average Bonchev–Trinajstić information content (AvgIpc) is 2.73. The zero-order valence-electron chi connectivity index (χ0n) is 10.4. The second-order valence-electron chi connectivity index (χ2n) is 4.61. The Morgan fingerprint density at radius 2 is 2.33 bits per heavy atom. The van der Waals surface area contributed by atoms with Gasteiger partial charge in [-0.3, -0.25) is 9.59 Å². The Morgan fingerprint density at radius 1 is 1.56 bits per heavy atom. The van der Waals surface area contributed by atoms with Gasteiger partial charge in [-0.15, -0.1) is 0 Å². The van der Waals surface area contributed by atoms with Crippen LogP contribution in [-0.4, -0.2) is 35.5 Å². The fraction of sp³-hybridized carbons (Fsp3) is 0.500. The van der Waals surface area contributed by atoms with E-state index in [2.05, 4.69) is 10.6 Å². The van der Waals surface area contributed by atoms with Crippen molar-refractivity contribution in [1.82, 2.24) is 15.2 Å². The van der Waals surface area contributed by atoms with Crippen LogP contribution in [0.1, 0.15) is 33.7 Å². The molecule has 1 aliphatic rings. The monoisotopic (exact) mass is 250 g/mol. The van der Waals surface area contributed by atoms with Gasteiger partial charge in [0, 0.05) is 25.8 Å². The summed E-state index contributed by atoms with van der Waals surface area (Å²) in [4.78, 5) is 23.1. The number of primary amides is 1. The number of carbonyl (C=O) groups excluding carboxylic acids is 2. The van der Waals surface area contributed by atoms with E-state index in [1.165, 1.54) is 6.07 Å². The maximum Gasteiger partial charge on any atom is 0.268 e. The van der Waals surface area contributed by atoms with Gasteiger partial charge < -0.3 is 20.9 Å². The van der Waals surface area contributed by atoms with Gasteiger partial charge in [-0.25, -0.2) is 0 Å². The average molecular weight is 250 g/mol. The minimum atomic E-state index is -0.524. The van der Waals surface area contributed by atoms with Crippen LogP contribution < -0.4 is 16.4 Å². The summed E-state index contributed by atoms with van der Waals surface area (Å²) >= 11 is 0. The van der Waals surface area contributed by atoms with Crippen molar-refractivity contribution < 1.29 is 9.59 Å². The zero-order valence-corrected chi connectivity index (χ0v) is 10.4. The third-order valence-electron chi connectivity index (χ3n) is 3.15. The number of rotatable bonds is 3. The molecule has 4 N–H and O–H groups in total. The molecule has 0 bridgehead atoms. The Hall–Kier alpha value is -1.82. The molecule has 1 unspecified atom stereocenters. The lowest BCUT2D eigenvalue weighted by Gasteiger charge is -2.23. The highest BCUT2D eigenvalue weighted by Crippen LogP contribution is 2.08. The summed E-state index contributed by atoms with van der Waals surface area (Å²) in [6.07, 6.45) is 3.60. The molecule has 2 heterocycles. The molecular weight excluding hydrogens is 232 g/mol. The second kappa shape index (κ2) is 5.22. The third kappa shape index (κ3) is 2.70. The van der Waals surface area contributed by atoms with Gasteiger partial charge in [-0.2, -0.15) is 0 Å². The van der Waals surface area contributed by atoms with Crippen molar-refractivity contribution in [2.45, 2.75) is 18.9 Å². The fourth-order valence-electron chi connectivity index (χ4n) is 2.16. The minimum Gasteiger partial charge on any atom is -0.366 e. The van der Waals surface area contributed by atoms with E-state index < -0.39 is 5.91 Å². The molecule has 98 valence electrons. The highest BCUT2D eigenvalue weighted by Gasteiger charge is 2.19. The number of piperidine rings is 1. The Labute approximate surface area is 106 Å². The van der Waals surface area contributed by atoms with Gasteiger partial charge in [0.1, 0.15) is 5.69 Å². The molecule has 1 aromatic rings. The van der Waals surface area contributed by atoms with Crippen molar-refractivity contribution in [2.24, 2.45) is 12.8 Å². The predicted octanol–water partition coefficient (Wildman–Crippen LogP) is -0.394. The fourth-order valence-corrected chi connectivity index (χ4v) is 2.16. The van der Waals surface area contributed by atoms with Crippen LogP contribution in [0.4, 0.5) is 0 Å². The Kier molecular flexibility index (Phi) is 3.66. The molecule has 0 radical (unpaired) electrons. The first-order valence-electron chi connectivity index (χ1n) is 6.05. The van der Waals surface area contributed by atoms with Crippen molar-refractivity contribution in [1.29, 1.82) is 0 Å². The summed E-state index contributed by atoms with van der Waals surface area (Å²) in [5.41, 5.74) is 5.99. The first-order chi connectivity index (χ1) is 8.58. The van der Waals surface area contributed by atoms with Crippen molar-refractivity contribution in [3.05, 3.63) is 23.5 Å². The molecule has 2 rings (SSSR count). The predicted molar refractivity (Wildman–Crippen MR) is 67.3 cm³/mol. The van der Waals surface area contributed by atoms with Crippen LogP contribution in [0.2, 0.25) is 0 Å². The number of aromatic nitrogens is 1. The molecular formula is C12H18N4O2. The summed E-state index contributed by atoms with van der Waals surface area (Å²) in [6.45, 7) is 1.79. The van der Waals surface area contributed by atoms with E-state index in [1.54, 1.807) is 17.8 Å². The minimum absolute atomic E-state index is 0.151. The molecule has 0 aromatic carbocycles. The van der Waals surface area contributed by atoms with Crippen LogP contribution >= 0.6 is 0 Å². The lowest BCUT2D eigenvalue weighted by Crippen LogP contribution is -2.45. The lowest BCUT2D eigenvalue weighted by atomic mass is 10.1. The molecule has 1 aromatic heterocycles. The molecule has 18 heavy (non-hydrogen) atoms. The summed E-state index contributed by atoms with van der Waals surface area (Å²) in [7, 11) is 1.72. The van der Waals surface area contributed by atoms with E-state index in [9.17, 15) is 9.59 Å². The van der Waals surface area contributed by atoms with Gasteiger partial charge in [-0.05, 0) is 25.5 Å². The van der Waals surface area contributed by atoms with Gasteiger partial charge in [0.2, 0.25) is 5.91 Å². The summed E-state index contributed by atoms with van der Waals surface area (Å²) in [5, 5.41) is 6.19. The first kappa shape index (κ1) is 12.6. The van der Waals surface area contributed by atoms with Crippen LogP contribution in [-0.2, 0) is 7.05 Å². The number of hydrogen-bond donors (Lipinski definition) is 3. The maximum atomic E-state index is 12.1. The number of hydrogen-bond acceptors (Lipinski definition) is 3.